The van der Waals surface area contributed by atoms with Gasteiger partial charge in [-0.1, -0.05) is 24.3 Å². The van der Waals surface area contributed by atoms with Crippen LogP contribution in [0, 0.1) is 0 Å². The van der Waals surface area contributed by atoms with E-state index >= 15 is 0 Å². The molecule has 0 fully saturated rings. The second-order valence-corrected chi connectivity index (χ2v) is 8.28. The van der Waals surface area contributed by atoms with Gasteiger partial charge in [0.05, 0.1) is 12.3 Å². The van der Waals surface area contributed by atoms with Crippen LogP contribution in [0.15, 0.2) is 29.3 Å². The fraction of sp³-hybridized carbons (Fsp3) is 0.562. The lowest BCUT2D eigenvalue weighted by atomic mass is 10.1. The molecule has 1 rings (SSSR count). The first-order chi connectivity index (χ1) is 10.6. The number of sulfonamides is 1. The summed E-state index contributed by atoms with van der Waals surface area (Å²) >= 11 is 0. The molecule has 8 heteroatoms. The number of nitrogens with zero attached hydrogens (tertiary/aromatic N) is 1. The lowest BCUT2D eigenvalue weighted by Gasteiger charge is -2.23. The highest BCUT2D eigenvalue weighted by Crippen LogP contribution is 2.10. The first kappa shape index (κ1) is 23.1. The van der Waals surface area contributed by atoms with E-state index in [0.717, 1.165) is 23.6 Å². The van der Waals surface area contributed by atoms with Crippen molar-refractivity contribution >= 4 is 40.0 Å². The summed E-state index contributed by atoms with van der Waals surface area (Å²) in [6.45, 7) is 9.50. The quantitative estimate of drug-likeness (QED) is 0.340. The molecule has 0 saturated heterocycles. The Labute approximate surface area is 163 Å². The third-order valence-electron chi connectivity index (χ3n) is 2.92. The maximum atomic E-state index is 11.6. The molecule has 0 aromatic heterocycles. The van der Waals surface area contributed by atoms with Crippen LogP contribution in [0.4, 0.5) is 0 Å². The molecule has 0 aliphatic carbocycles. The number of rotatable bonds is 6. The summed E-state index contributed by atoms with van der Waals surface area (Å²) in [5, 5.41) is 6.53. The van der Waals surface area contributed by atoms with Gasteiger partial charge in [-0.05, 0) is 45.9 Å². The number of guanidine groups is 1. The molecule has 0 spiro atoms. The van der Waals surface area contributed by atoms with Gasteiger partial charge in [0.1, 0.15) is 0 Å². The van der Waals surface area contributed by atoms with Crippen LogP contribution in [0.3, 0.4) is 0 Å². The minimum Gasteiger partial charge on any atom is -0.357 e. The Morgan fingerprint density at radius 1 is 1.21 bits per heavy atom. The minimum atomic E-state index is -3.26. The number of benzene rings is 1. The molecule has 0 aliphatic rings. The number of aliphatic imine (C=N–C) groups is 1. The van der Waals surface area contributed by atoms with Gasteiger partial charge in [0, 0.05) is 12.1 Å². The Bertz CT molecular complexity index is 640. The SMILES string of the molecule is CCNC(=NCc1cccc(CS(=O)(=O)NC)c1)NC(C)(C)C.I. The zero-order valence-electron chi connectivity index (χ0n) is 15.0. The molecule has 6 nitrogen and oxygen atoms in total. The first-order valence-electron chi connectivity index (χ1n) is 7.71. The Balaban J connectivity index is 0.00000529. The normalized spacial score (nSPS) is 12.5. The fourth-order valence-corrected chi connectivity index (χ4v) is 2.70. The van der Waals surface area contributed by atoms with Crippen LogP contribution in [-0.4, -0.2) is 33.5 Å². The molecular formula is C16H29IN4O2S. The van der Waals surface area contributed by atoms with Gasteiger partial charge in [-0.2, -0.15) is 0 Å². The number of halogens is 1. The molecule has 0 bridgehead atoms. The molecule has 24 heavy (non-hydrogen) atoms. The van der Waals surface area contributed by atoms with Crippen LogP contribution in [0.5, 0.6) is 0 Å². The van der Waals surface area contributed by atoms with E-state index in [2.05, 4.69) is 41.1 Å². The molecule has 0 radical (unpaired) electrons. The topological polar surface area (TPSA) is 82.6 Å². The second kappa shape index (κ2) is 10.2. The average molecular weight is 468 g/mol. The summed E-state index contributed by atoms with van der Waals surface area (Å²) in [5.41, 5.74) is 1.64. The molecular weight excluding hydrogens is 439 g/mol. The van der Waals surface area contributed by atoms with Gasteiger partial charge in [0.2, 0.25) is 10.0 Å². The van der Waals surface area contributed by atoms with Crippen LogP contribution in [0.25, 0.3) is 0 Å². The van der Waals surface area contributed by atoms with Crippen LogP contribution in [0.1, 0.15) is 38.8 Å². The molecule has 0 aliphatic heterocycles. The lowest BCUT2D eigenvalue weighted by Crippen LogP contribution is -2.47. The zero-order valence-corrected chi connectivity index (χ0v) is 18.2. The summed E-state index contributed by atoms with van der Waals surface area (Å²) in [6, 6.07) is 7.48. The molecule has 0 saturated carbocycles. The van der Waals surface area contributed by atoms with Crippen molar-refractivity contribution in [3.05, 3.63) is 35.4 Å². The highest BCUT2D eigenvalue weighted by atomic mass is 127. The zero-order chi connectivity index (χ0) is 17.5. The number of nitrogens with one attached hydrogen (secondary N) is 3. The Morgan fingerprint density at radius 2 is 1.83 bits per heavy atom. The Hall–Kier alpha value is -0.870. The van der Waals surface area contributed by atoms with E-state index in [4.69, 9.17) is 0 Å². The van der Waals surface area contributed by atoms with E-state index in [1.165, 1.54) is 7.05 Å². The number of hydrogen-bond acceptors (Lipinski definition) is 3. The van der Waals surface area contributed by atoms with E-state index in [9.17, 15) is 8.42 Å². The van der Waals surface area contributed by atoms with Crippen LogP contribution in [0.2, 0.25) is 0 Å². The lowest BCUT2D eigenvalue weighted by molar-refractivity contribution is 0.501. The predicted molar refractivity (Wildman–Crippen MR) is 111 cm³/mol. The summed E-state index contributed by atoms with van der Waals surface area (Å²) < 4.78 is 25.6. The maximum Gasteiger partial charge on any atom is 0.215 e. The first-order valence-corrected chi connectivity index (χ1v) is 9.36. The van der Waals surface area contributed by atoms with Crippen molar-refractivity contribution in [1.29, 1.82) is 0 Å². The van der Waals surface area contributed by atoms with Crippen molar-refractivity contribution in [2.45, 2.75) is 45.5 Å². The monoisotopic (exact) mass is 468 g/mol. The van der Waals surface area contributed by atoms with E-state index in [1.807, 2.05) is 25.1 Å². The minimum absolute atomic E-state index is 0. The van der Waals surface area contributed by atoms with E-state index in [-0.39, 0.29) is 35.3 Å². The van der Waals surface area contributed by atoms with Crippen molar-refractivity contribution < 1.29 is 8.42 Å². The molecule has 3 N–H and O–H groups in total. The molecule has 0 amide bonds. The van der Waals surface area contributed by atoms with Crippen molar-refractivity contribution in [2.24, 2.45) is 4.99 Å². The molecule has 0 atom stereocenters. The van der Waals surface area contributed by atoms with Gasteiger partial charge < -0.3 is 10.6 Å². The summed E-state index contributed by atoms with van der Waals surface area (Å²) in [6.07, 6.45) is 0. The highest BCUT2D eigenvalue weighted by molar-refractivity contribution is 14.0. The van der Waals surface area contributed by atoms with Crippen LogP contribution in [-0.2, 0) is 22.3 Å². The van der Waals surface area contributed by atoms with Gasteiger partial charge in [0.15, 0.2) is 5.96 Å². The average Bonchev–Trinajstić information content (AvgIpc) is 2.43. The van der Waals surface area contributed by atoms with E-state index < -0.39 is 10.0 Å². The van der Waals surface area contributed by atoms with Crippen molar-refractivity contribution in [1.82, 2.24) is 15.4 Å². The predicted octanol–water partition coefficient (Wildman–Crippen LogP) is 2.21. The van der Waals surface area contributed by atoms with E-state index in [1.54, 1.807) is 6.07 Å². The van der Waals surface area contributed by atoms with Crippen LogP contribution >= 0.6 is 24.0 Å². The van der Waals surface area contributed by atoms with Crippen molar-refractivity contribution in [2.75, 3.05) is 13.6 Å². The number of hydrogen-bond donors (Lipinski definition) is 3. The van der Waals surface area contributed by atoms with Gasteiger partial charge >= 0.3 is 0 Å². The van der Waals surface area contributed by atoms with Gasteiger partial charge in [-0.15, -0.1) is 24.0 Å². The molecule has 1 aromatic rings. The third-order valence-corrected chi connectivity index (χ3v) is 4.25. The fourth-order valence-electron chi connectivity index (χ4n) is 1.94. The summed E-state index contributed by atoms with van der Waals surface area (Å²) in [5.74, 6) is 0.717. The third kappa shape index (κ3) is 9.43. The highest BCUT2D eigenvalue weighted by Gasteiger charge is 2.12. The molecule has 0 heterocycles. The van der Waals surface area contributed by atoms with Gasteiger partial charge in [-0.3, -0.25) is 0 Å². The standard InChI is InChI=1S/C16H28N4O2S.HI/c1-6-18-15(20-16(2,3)4)19-11-13-8-7-9-14(10-13)12-23(21,22)17-5;/h7-10,17H,6,11-12H2,1-5H3,(H2,18,19,20);1H. The van der Waals surface area contributed by atoms with Gasteiger partial charge in [0.25, 0.3) is 0 Å². The second-order valence-electron chi connectivity index (χ2n) is 6.35. The Kier molecular flexibility index (Phi) is 9.83. The van der Waals surface area contributed by atoms with Gasteiger partial charge in [-0.25, -0.2) is 18.1 Å². The maximum absolute atomic E-state index is 11.6. The largest absolute Gasteiger partial charge is 0.357 e. The molecule has 138 valence electrons. The summed E-state index contributed by atoms with van der Waals surface area (Å²) in [7, 11) is -1.84. The Morgan fingerprint density at radius 3 is 2.38 bits per heavy atom. The van der Waals surface area contributed by atoms with E-state index in [0.29, 0.717) is 6.54 Å². The van der Waals surface area contributed by atoms with Crippen molar-refractivity contribution in [3.8, 4) is 0 Å². The van der Waals surface area contributed by atoms with Crippen LogP contribution < -0.4 is 15.4 Å². The van der Waals surface area contributed by atoms with Crippen molar-refractivity contribution in [3.63, 3.8) is 0 Å². The summed E-state index contributed by atoms with van der Waals surface area (Å²) in [4.78, 5) is 4.56. The smallest absolute Gasteiger partial charge is 0.215 e. The molecule has 1 aromatic carbocycles. The molecule has 0 unspecified atom stereocenters.